The average molecular weight is 212 g/mol. The zero-order valence-corrected chi connectivity index (χ0v) is 8.23. The summed E-state index contributed by atoms with van der Waals surface area (Å²) < 4.78 is 4.92. The number of carbonyl (C=O) groups is 1. The number of β-amino-alcohol motifs (C(OH)–C–C–N with tert-alkyl or cyclic N) is 1. The van der Waals surface area contributed by atoms with Gasteiger partial charge in [-0.25, -0.2) is 0 Å². The van der Waals surface area contributed by atoms with E-state index in [-0.39, 0.29) is 17.8 Å². The Morgan fingerprint density at radius 3 is 3.13 bits per heavy atom. The molecule has 7 heteroatoms. The second-order valence-corrected chi connectivity index (χ2v) is 3.39. The lowest BCUT2D eigenvalue weighted by Crippen LogP contribution is -2.19. The van der Waals surface area contributed by atoms with Gasteiger partial charge in [-0.1, -0.05) is 5.16 Å². The number of hydrogen-bond acceptors (Lipinski definition) is 6. The van der Waals surface area contributed by atoms with E-state index in [0.717, 1.165) is 0 Å². The van der Waals surface area contributed by atoms with Crippen LogP contribution in [0.3, 0.4) is 0 Å². The molecule has 0 unspecified atom stereocenters. The summed E-state index contributed by atoms with van der Waals surface area (Å²) in [6.45, 7) is 0.502. The molecule has 0 radical (unpaired) electrons. The zero-order valence-electron chi connectivity index (χ0n) is 8.23. The molecule has 0 bridgehead atoms. The minimum absolute atomic E-state index is 0.00990. The zero-order chi connectivity index (χ0) is 10.8. The second-order valence-electron chi connectivity index (χ2n) is 3.39. The van der Waals surface area contributed by atoms with Crippen LogP contribution in [0.25, 0.3) is 0 Å². The standard InChI is InChI=1S/C8H12N4O3/c1-9-7(14)6-11-8(15-12-6)5-2-4(13)3-10-5/h4-5,10,13H,2-3H2,1H3,(H,9,14)/t4-,5-/m0/s1. The fourth-order valence-electron chi connectivity index (χ4n) is 1.49. The van der Waals surface area contributed by atoms with E-state index in [9.17, 15) is 9.90 Å². The van der Waals surface area contributed by atoms with E-state index in [1.807, 2.05) is 0 Å². The molecule has 2 atom stereocenters. The highest BCUT2D eigenvalue weighted by Gasteiger charge is 2.28. The van der Waals surface area contributed by atoms with Gasteiger partial charge in [-0.3, -0.25) is 4.79 Å². The van der Waals surface area contributed by atoms with Gasteiger partial charge in [0.15, 0.2) is 0 Å². The molecule has 2 heterocycles. The van der Waals surface area contributed by atoms with Crippen molar-refractivity contribution in [2.24, 2.45) is 0 Å². The summed E-state index contributed by atoms with van der Waals surface area (Å²) in [5.41, 5.74) is 0. The van der Waals surface area contributed by atoms with E-state index in [1.165, 1.54) is 7.05 Å². The smallest absolute Gasteiger partial charge is 0.292 e. The molecule has 1 aliphatic rings. The van der Waals surface area contributed by atoms with Crippen LogP contribution in [0.15, 0.2) is 4.52 Å². The monoisotopic (exact) mass is 212 g/mol. The predicted molar refractivity (Wildman–Crippen MR) is 49.1 cm³/mol. The first-order chi connectivity index (χ1) is 7.20. The Kier molecular flexibility index (Phi) is 2.65. The quantitative estimate of drug-likeness (QED) is 0.571. The van der Waals surface area contributed by atoms with Crippen molar-refractivity contribution in [3.63, 3.8) is 0 Å². The summed E-state index contributed by atoms with van der Waals surface area (Å²) in [5, 5.41) is 18.2. The molecule has 0 saturated carbocycles. The van der Waals surface area contributed by atoms with Gasteiger partial charge in [0.25, 0.3) is 11.7 Å². The minimum atomic E-state index is -0.398. The molecular formula is C8H12N4O3. The molecule has 0 aliphatic carbocycles. The van der Waals surface area contributed by atoms with Gasteiger partial charge in [0.05, 0.1) is 12.1 Å². The second kappa shape index (κ2) is 3.95. The van der Waals surface area contributed by atoms with Crippen LogP contribution in [-0.2, 0) is 0 Å². The van der Waals surface area contributed by atoms with Gasteiger partial charge in [-0.05, 0) is 6.42 Å². The van der Waals surface area contributed by atoms with Crippen molar-refractivity contribution >= 4 is 5.91 Å². The maximum Gasteiger partial charge on any atom is 0.292 e. The lowest BCUT2D eigenvalue weighted by atomic mass is 10.2. The molecule has 1 aromatic rings. The van der Waals surface area contributed by atoms with Gasteiger partial charge in [-0.15, -0.1) is 0 Å². The van der Waals surface area contributed by atoms with Crippen LogP contribution in [0.1, 0.15) is 29.0 Å². The average Bonchev–Trinajstić information content (AvgIpc) is 2.84. The Morgan fingerprint density at radius 1 is 1.73 bits per heavy atom. The molecular weight excluding hydrogens is 200 g/mol. The maximum absolute atomic E-state index is 11.1. The molecule has 1 saturated heterocycles. The molecule has 1 aliphatic heterocycles. The highest BCUT2D eigenvalue weighted by molar-refractivity contribution is 5.89. The number of amides is 1. The van der Waals surface area contributed by atoms with Crippen LogP contribution in [0.2, 0.25) is 0 Å². The summed E-state index contributed by atoms with van der Waals surface area (Å²) >= 11 is 0. The summed E-state index contributed by atoms with van der Waals surface area (Å²) in [6.07, 6.45) is 0.125. The van der Waals surface area contributed by atoms with Crippen molar-refractivity contribution in [1.82, 2.24) is 20.8 Å². The van der Waals surface area contributed by atoms with Gasteiger partial charge in [-0.2, -0.15) is 4.98 Å². The third-order valence-electron chi connectivity index (χ3n) is 2.28. The molecule has 1 fully saturated rings. The summed E-state index contributed by atoms with van der Waals surface area (Å²) in [4.78, 5) is 15.1. The first kappa shape index (κ1) is 10.1. The molecule has 3 N–H and O–H groups in total. The Labute approximate surface area is 85.9 Å². The number of aliphatic hydroxyl groups is 1. The Balaban J connectivity index is 2.10. The number of nitrogens with one attached hydrogen (secondary N) is 2. The van der Waals surface area contributed by atoms with Crippen LogP contribution < -0.4 is 10.6 Å². The molecule has 82 valence electrons. The SMILES string of the molecule is CNC(=O)c1noc([C@@H]2C[C@H](O)CN2)n1. The fourth-order valence-corrected chi connectivity index (χ4v) is 1.49. The van der Waals surface area contributed by atoms with E-state index in [0.29, 0.717) is 18.9 Å². The Bertz CT molecular complexity index is 365. The van der Waals surface area contributed by atoms with E-state index in [2.05, 4.69) is 20.8 Å². The number of rotatable bonds is 2. The summed E-state index contributed by atoms with van der Waals surface area (Å²) in [5.74, 6) is -0.0376. The van der Waals surface area contributed by atoms with Gasteiger partial charge in [0.1, 0.15) is 0 Å². The van der Waals surface area contributed by atoms with Crippen molar-refractivity contribution in [2.75, 3.05) is 13.6 Å². The molecule has 1 amide bonds. The number of nitrogens with zero attached hydrogens (tertiary/aromatic N) is 2. The third kappa shape index (κ3) is 1.97. The van der Waals surface area contributed by atoms with Crippen LogP contribution in [0.4, 0.5) is 0 Å². The predicted octanol–water partition coefficient (Wildman–Crippen LogP) is -1.18. The fraction of sp³-hybridized carbons (Fsp3) is 0.625. The van der Waals surface area contributed by atoms with Gasteiger partial charge in [0.2, 0.25) is 5.89 Å². The highest BCUT2D eigenvalue weighted by Crippen LogP contribution is 2.21. The largest absolute Gasteiger partial charge is 0.392 e. The molecule has 7 nitrogen and oxygen atoms in total. The van der Waals surface area contributed by atoms with Gasteiger partial charge in [0, 0.05) is 13.6 Å². The Hall–Kier alpha value is -1.47. The first-order valence-electron chi connectivity index (χ1n) is 4.68. The van der Waals surface area contributed by atoms with Crippen LogP contribution >= 0.6 is 0 Å². The first-order valence-corrected chi connectivity index (χ1v) is 4.68. The van der Waals surface area contributed by atoms with Crippen LogP contribution in [-0.4, -0.2) is 40.9 Å². The number of aromatic nitrogens is 2. The van der Waals surface area contributed by atoms with Crippen molar-refractivity contribution < 1.29 is 14.4 Å². The molecule has 1 aromatic heterocycles. The molecule has 0 spiro atoms. The van der Waals surface area contributed by atoms with E-state index in [4.69, 9.17) is 4.52 Å². The lowest BCUT2D eigenvalue weighted by molar-refractivity contribution is 0.0950. The van der Waals surface area contributed by atoms with Crippen molar-refractivity contribution in [3.05, 3.63) is 11.7 Å². The molecule has 15 heavy (non-hydrogen) atoms. The van der Waals surface area contributed by atoms with E-state index < -0.39 is 6.10 Å². The number of hydrogen-bond donors (Lipinski definition) is 3. The summed E-state index contributed by atoms with van der Waals surface area (Å²) in [7, 11) is 1.50. The third-order valence-corrected chi connectivity index (χ3v) is 2.28. The normalized spacial score (nSPS) is 25.5. The van der Waals surface area contributed by atoms with Gasteiger partial charge >= 0.3 is 0 Å². The van der Waals surface area contributed by atoms with Crippen molar-refractivity contribution in [1.29, 1.82) is 0 Å². The number of aliphatic hydroxyl groups excluding tert-OH is 1. The van der Waals surface area contributed by atoms with Crippen LogP contribution in [0, 0.1) is 0 Å². The van der Waals surface area contributed by atoms with Crippen LogP contribution in [0.5, 0.6) is 0 Å². The minimum Gasteiger partial charge on any atom is -0.392 e. The Morgan fingerprint density at radius 2 is 2.53 bits per heavy atom. The molecule has 2 rings (SSSR count). The summed E-state index contributed by atoms with van der Waals surface area (Å²) in [6, 6.07) is -0.161. The maximum atomic E-state index is 11.1. The van der Waals surface area contributed by atoms with Crippen molar-refractivity contribution in [3.8, 4) is 0 Å². The van der Waals surface area contributed by atoms with Gasteiger partial charge < -0.3 is 20.3 Å². The molecule has 0 aromatic carbocycles. The lowest BCUT2D eigenvalue weighted by Gasteiger charge is -2.01. The van der Waals surface area contributed by atoms with Crippen molar-refractivity contribution in [2.45, 2.75) is 18.6 Å². The van der Waals surface area contributed by atoms with E-state index >= 15 is 0 Å². The topological polar surface area (TPSA) is 100 Å². The number of carbonyl (C=O) groups excluding carboxylic acids is 1. The highest BCUT2D eigenvalue weighted by atomic mass is 16.5. The van der Waals surface area contributed by atoms with E-state index in [1.54, 1.807) is 0 Å².